The number of ether oxygens (including phenoxy) is 2. The van der Waals surface area contributed by atoms with Gasteiger partial charge in [0.1, 0.15) is 11.5 Å². The highest BCUT2D eigenvalue weighted by atomic mass is 16.5. The standard InChI is InChI=1S/C19H20N2O3/c1-11-4-3-5-12(2)16(11)20-19(22)21-17-14-7-9-23-15(14)10-13-6-8-24-18(13)17/h3-5,10H,6-9H2,1-2H3,(H2,20,21,22). The monoisotopic (exact) mass is 324 g/mol. The molecular formula is C19H20N2O3. The number of rotatable bonds is 2. The second kappa shape index (κ2) is 5.74. The smallest absolute Gasteiger partial charge is 0.323 e. The normalized spacial score (nSPS) is 14.4. The van der Waals surface area contributed by atoms with Gasteiger partial charge < -0.3 is 20.1 Å². The molecule has 2 heterocycles. The Morgan fingerprint density at radius 3 is 2.50 bits per heavy atom. The molecule has 2 aromatic carbocycles. The van der Waals surface area contributed by atoms with Crippen LogP contribution in [-0.2, 0) is 12.8 Å². The van der Waals surface area contributed by atoms with Gasteiger partial charge in [-0.3, -0.25) is 0 Å². The number of urea groups is 1. The third-order valence-corrected chi connectivity index (χ3v) is 4.61. The van der Waals surface area contributed by atoms with Gasteiger partial charge in [-0.05, 0) is 31.0 Å². The highest BCUT2D eigenvalue weighted by Crippen LogP contribution is 2.44. The van der Waals surface area contributed by atoms with Crippen molar-refractivity contribution in [3.63, 3.8) is 0 Å². The van der Waals surface area contributed by atoms with Gasteiger partial charge in [0.05, 0.1) is 18.9 Å². The molecule has 0 saturated carbocycles. The van der Waals surface area contributed by atoms with Crippen LogP contribution in [0.2, 0.25) is 0 Å². The third-order valence-electron chi connectivity index (χ3n) is 4.61. The van der Waals surface area contributed by atoms with Gasteiger partial charge in [-0.1, -0.05) is 18.2 Å². The fraction of sp³-hybridized carbons (Fsp3) is 0.316. The van der Waals surface area contributed by atoms with Crippen molar-refractivity contribution in [1.82, 2.24) is 0 Å². The summed E-state index contributed by atoms with van der Waals surface area (Å²) in [5.41, 5.74) is 5.78. The molecule has 2 amide bonds. The lowest BCUT2D eigenvalue weighted by molar-refractivity contribution is 0.262. The quantitative estimate of drug-likeness (QED) is 0.883. The predicted octanol–water partition coefficient (Wildman–Crippen LogP) is 3.82. The van der Waals surface area contributed by atoms with E-state index in [9.17, 15) is 4.79 Å². The number of carbonyl (C=O) groups is 1. The van der Waals surface area contributed by atoms with Crippen LogP contribution in [0.5, 0.6) is 11.5 Å². The molecule has 2 N–H and O–H groups in total. The molecule has 24 heavy (non-hydrogen) atoms. The topological polar surface area (TPSA) is 59.6 Å². The number of fused-ring (bicyclic) bond motifs is 2. The zero-order valence-electron chi connectivity index (χ0n) is 13.9. The maximum Gasteiger partial charge on any atom is 0.323 e. The van der Waals surface area contributed by atoms with E-state index in [0.29, 0.717) is 13.2 Å². The van der Waals surface area contributed by atoms with E-state index in [1.54, 1.807) is 0 Å². The van der Waals surface area contributed by atoms with Crippen LogP contribution >= 0.6 is 0 Å². The Labute approximate surface area is 141 Å². The van der Waals surface area contributed by atoms with Crippen LogP contribution in [0.3, 0.4) is 0 Å². The molecule has 4 rings (SSSR count). The van der Waals surface area contributed by atoms with Gasteiger partial charge >= 0.3 is 6.03 Å². The number of aryl methyl sites for hydroxylation is 2. The van der Waals surface area contributed by atoms with Crippen molar-refractivity contribution in [3.05, 3.63) is 46.5 Å². The number of amides is 2. The van der Waals surface area contributed by atoms with Crippen LogP contribution < -0.4 is 20.1 Å². The first kappa shape index (κ1) is 14.9. The Morgan fingerprint density at radius 2 is 1.71 bits per heavy atom. The molecule has 5 heteroatoms. The molecular weight excluding hydrogens is 304 g/mol. The van der Waals surface area contributed by atoms with E-state index in [1.807, 2.05) is 38.1 Å². The van der Waals surface area contributed by atoms with Crippen molar-refractivity contribution < 1.29 is 14.3 Å². The van der Waals surface area contributed by atoms with Gasteiger partial charge in [0.2, 0.25) is 0 Å². The maximum absolute atomic E-state index is 12.6. The summed E-state index contributed by atoms with van der Waals surface area (Å²) in [5, 5.41) is 5.95. The van der Waals surface area contributed by atoms with E-state index in [-0.39, 0.29) is 6.03 Å². The Hall–Kier alpha value is -2.69. The number of hydrogen-bond acceptors (Lipinski definition) is 3. The summed E-state index contributed by atoms with van der Waals surface area (Å²) in [4.78, 5) is 12.6. The minimum absolute atomic E-state index is 0.259. The van der Waals surface area contributed by atoms with E-state index in [1.165, 1.54) is 0 Å². The number of hydrogen-bond donors (Lipinski definition) is 2. The highest BCUT2D eigenvalue weighted by Gasteiger charge is 2.27. The van der Waals surface area contributed by atoms with Gasteiger partial charge in [-0.15, -0.1) is 0 Å². The number of para-hydroxylation sites is 1. The van der Waals surface area contributed by atoms with Crippen LogP contribution in [-0.4, -0.2) is 19.2 Å². The molecule has 2 aliphatic heterocycles. The number of benzene rings is 2. The first-order valence-electron chi connectivity index (χ1n) is 8.22. The third kappa shape index (κ3) is 2.46. The van der Waals surface area contributed by atoms with Crippen LogP contribution in [0.25, 0.3) is 0 Å². The summed E-state index contributed by atoms with van der Waals surface area (Å²) < 4.78 is 11.4. The summed E-state index contributed by atoms with van der Waals surface area (Å²) in [6.07, 6.45) is 1.63. The van der Waals surface area contributed by atoms with E-state index in [2.05, 4.69) is 10.6 Å². The molecule has 2 aliphatic rings. The maximum atomic E-state index is 12.6. The lowest BCUT2D eigenvalue weighted by Gasteiger charge is -2.16. The molecule has 2 aromatic rings. The fourth-order valence-corrected chi connectivity index (χ4v) is 3.39. The molecule has 5 nitrogen and oxygen atoms in total. The highest BCUT2D eigenvalue weighted by molar-refractivity contribution is 6.02. The minimum Gasteiger partial charge on any atom is -0.493 e. The van der Waals surface area contributed by atoms with E-state index in [0.717, 1.165) is 58.0 Å². The van der Waals surface area contributed by atoms with Gasteiger partial charge in [-0.2, -0.15) is 0 Å². The lowest BCUT2D eigenvalue weighted by atomic mass is 10.0. The molecule has 0 aromatic heterocycles. The molecule has 0 bridgehead atoms. The molecule has 0 fully saturated rings. The summed E-state index contributed by atoms with van der Waals surface area (Å²) in [5.74, 6) is 1.65. The largest absolute Gasteiger partial charge is 0.493 e. The number of carbonyl (C=O) groups excluding carboxylic acids is 1. The van der Waals surface area contributed by atoms with Gasteiger partial charge in [0, 0.05) is 29.7 Å². The molecule has 0 spiro atoms. The zero-order valence-corrected chi connectivity index (χ0v) is 13.9. The molecule has 0 unspecified atom stereocenters. The molecule has 0 atom stereocenters. The molecule has 0 aliphatic carbocycles. The van der Waals surface area contributed by atoms with Gasteiger partial charge in [-0.25, -0.2) is 4.79 Å². The summed E-state index contributed by atoms with van der Waals surface area (Å²) >= 11 is 0. The lowest BCUT2D eigenvalue weighted by Crippen LogP contribution is -2.21. The minimum atomic E-state index is -0.259. The zero-order chi connectivity index (χ0) is 16.7. The van der Waals surface area contributed by atoms with Crippen molar-refractivity contribution in [1.29, 1.82) is 0 Å². The van der Waals surface area contributed by atoms with Crippen LogP contribution in [0.15, 0.2) is 24.3 Å². The summed E-state index contributed by atoms with van der Waals surface area (Å²) in [6.45, 7) is 5.26. The van der Waals surface area contributed by atoms with Crippen LogP contribution in [0, 0.1) is 13.8 Å². The Balaban J connectivity index is 1.63. The van der Waals surface area contributed by atoms with E-state index in [4.69, 9.17) is 9.47 Å². The van der Waals surface area contributed by atoms with Crippen LogP contribution in [0.1, 0.15) is 22.3 Å². The Morgan fingerprint density at radius 1 is 1.00 bits per heavy atom. The van der Waals surface area contributed by atoms with E-state index >= 15 is 0 Å². The Bertz CT molecular complexity index is 777. The number of anilines is 2. The molecule has 0 saturated heterocycles. The second-order valence-corrected chi connectivity index (χ2v) is 6.26. The Kier molecular flexibility index (Phi) is 3.56. The average molecular weight is 324 g/mol. The second-order valence-electron chi connectivity index (χ2n) is 6.26. The SMILES string of the molecule is Cc1cccc(C)c1NC(=O)Nc1c2c(cc3c1OCC3)OCC2. The summed E-state index contributed by atoms with van der Waals surface area (Å²) in [7, 11) is 0. The van der Waals surface area contributed by atoms with Crippen molar-refractivity contribution >= 4 is 17.4 Å². The van der Waals surface area contributed by atoms with Crippen molar-refractivity contribution in [2.24, 2.45) is 0 Å². The van der Waals surface area contributed by atoms with Crippen LogP contribution in [0.4, 0.5) is 16.2 Å². The van der Waals surface area contributed by atoms with Crippen molar-refractivity contribution in [2.75, 3.05) is 23.8 Å². The van der Waals surface area contributed by atoms with Gasteiger partial charge in [0.25, 0.3) is 0 Å². The predicted molar refractivity (Wildman–Crippen MR) is 93.4 cm³/mol. The number of nitrogens with one attached hydrogen (secondary N) is 2. The van der Waals surface area contributed by atoms with Crippen molar-refractivity contribution in [2.45, 2.75) is 26.7 Å². The molecule has 124 valence electrons. The van der Waals surface area contributed by atoms with Crippen molar-refractivity contribution in [3.8, 4) is 11.5 Å². The first-order chi connectivity index (χ1) is 11.6. The molecule has 0 radical (unpaired) electrons. The average Bonchev–Trinajstić information content (AvgIpc) is 3.19. The first-order valence-corrected chi connectivity index (χ1v) is 8.22. The van der Waals surface area contributed by atoms with E-state index < -0.39 is 0 Å². The fourth-order valence-electron chi connectivity index (χ4n) is 3.39. The van der Waals surface area contributed by atoms with Gasteiger partial charge in [0.15, 0.2) is 0 Å². The summed E-state index contributed by atoms with van der Waals surface area (Å²) in [6, 6.07) is 7.73.